The van der Waals surface area contributed by atoms with E-state index in [1.165, 1.54) is 5.56 Å². The predicted octanol–water partition coefficient (Wildman–Crippen LogP) is 1.94. The van der Waals surface area contributed by atoms with Crippen molar-refractivity contribution in [1.82, 2.24) is 5.32 Å². The molecule has 0 aliphatic carbocycles. The first-order valence-corrected chi connectivity index (χ1v) is 5.78. The quantitative estimate of drug-likeness (QED) is 0.773. The number of methoxy groups -OCH3 is 1. The van der Waals surface area contributed by atoms with Gasteiger partial charge in [0.05, 0.1) is 7.11 Å². The molecular formula is C13H22N2O. The van der Waals surface area contributed by atoms with Gasteiger partial charge >= 0.3 is 0 Å². The van der Waals surface area contributed by atoms with Crippen molar-refractivity contribution in [3.8, 4) is 5.75 Å². The van der Waals surface area contributed by atoms with E-state index in [4.69, 9.17) is 10.5 Å². The molecule has 1 aromatic carbocycles. The van der Waals surface area contributed by atoms with Gasteiger partial charge in [-0.15, -0.1) is 0 Å². The lowest BCUT2D eigenvalue weighted by molar-refractivity contribution is 0.353. The summed E-state index contributed by atoms with van der Waals surface area (Å²) in [7, 11) is 3.67. The first-order valence-electron chi connectivity index (χ1n) is 5.78. The standard InChI is InChI=1S/C13H22N2O/c1-4-10(9-14)13(15-2)11-7-5-6-8-12(11)16-3/h5-8,10,13,15H,4,9,14H2,1-3H3. The van der Waals surface area contributed by atoms with Crippen LogP contribution in [0.2, 0.25) is 0 Å². The lowest BCUT2D eigenvalue weighted by Crippen LogP contribution is -2.30. The normalized spacial score (nSPS) is 14.5. The number of ether oxygens (including phenoxy) is 1. The maximum Gasteiger partial charge on any atom is 0.123 e. The highest BCUT2D eigenvalue weighted by Crippen LogP contribution is 2.30. The molecule has 3 N–H and O–H groups in total. The second-order valence-electron chi connectivity index (χ2n) is 3.91. The summed E-state index contributed by atoms with van der Waals surface area (Å²) < 4.78 is 5.39. The molecule has 0 aromatic heterocycles. The third-order valence-electron chi connectivity index (χ3n) is 3.08. The Hall–Kier alpha value is -1.06. The van der Waals surface area contributed by atoms with Gasteiger partial charge in [0.2, 0.25) is 0 Å². The first-order chi connectivity index (χ1) is 7.78. The first kappa shape index (κ1) is 13.0. The molecule has 0 heterocycles. The van der Waals surface area contributed by atoms with Gasteiger partial charge < -0.3 is 15.8 Å². The van der Waals surface area contributed by atoms with Crippen molar-refractivity contribution >= 4 is 0 Å². The fourth-order valence-corrected chi connectivity index (χ4v) is 2.11. The van der Waals surface area contributed by atoms with Crippen LogP contribution in [-0.4, -0.2) is 20.7 Å². The van der Waals surface area contributed by atoms with Crippen LogP contribution in [0.4, 0.5) is 0 Å². The molecule has 0 spiro atoms. The Balaban J connectivity index is 3.02. The van der Waals surface area contributed by atoms with E-state index in [2.05, 4.69) is 18.3 Å². The zero-order valence-electron chi connectivity index (χ0n) is 10.4. The fourth-order valence-electron chi connectivity index (χ4n) is 2.11. The van der Waals surface area contributed by atoms with Crippen molar-refractivity contribution < 1.29 is 4.74 Å². The van der Waals surface area contributed by atoms with Gasteiger partial charge in [0.1, 0.15) is 5.75 Å². The van der Waals surface area contributed by atoms with Crippen LogP contribution in [0.15, 0.2) is 24.3 Å². The maximum atomic E-state index is 5.81. The van der Waals surface area contributed by atoms with E-state index < -0.39 is 0 Å². The van der Waals surface area contributed by atoms with Crippen molar-refractivity contribution in [2.45, 2.75) is 19.4 Å². The van der Waals surface area contributed by atoms with Crippen molar-refractivity contribution in [3.05, 3.63) is 29.8 Å². The lowest BCUT2D eigenvalue weighted by atomic mass is 9.90. The van der Waals surface area contributed by atoms with Gasteiger partial charge in [-0.1, -0.05) is 31.5 Å². The van der Waals surface area contributed by atoms with Crippen molar-refractivity contribution in [2.75, 3.05) is 20.7 Å². The Morgan fingerprint density at radius 2 is 2.06 bits per heavy atom. The highest BCUT2D eigenvalue weighted by Gasteiger charge is 2.21. The number of hydrogen-bond donors (Lipinski definition) is 2. The van der Waals surface area contributed by atoms with Crippen LogP contribution in [0.25, 0.3) is 0 Å². The Bertz CT molecular complexity index is 311. The zero-order valence-corrected chi connectivity index (χ0v) is 10.4. The molecule has 0 aliphatic rings. The molecular weight excluding hydrogens is 200 g/mol. The minimum absolute atomic E-state index is 0.256. The van der Waals surface area contributed by atoms with Gasteiger partial charge in [0.15, 0.2) is 0 Å². The summed E-state index contributed by atoms with van der Waals surface area (Å²) in [5.41, 5.74) is 6.99. The van der Waals surface area contributed by atoms with Crippen LogP contribution >= 0.6 is 0 Å². The Labute approximate surface area is 98.0 Å². The molecule has 1 aromatic rings. The summed E-state index contributed by atoms with van der Waals surface area (Å²) in [6.07, 6.45) is 1.06. The summed E-state index contributed by atoms with van der Waals surface area (Å²) in [6.45, 7) is 2.84. The van der Waals surface area contributed by atoms with E-state index in [1.54, 1.807) is 7.11 Å². The molecule has 90 valence electrons. The number of nitrogens with one attached hydrogen (secondary N) is 1. The van der Waals surface area contributed by atoms with E-state index in [1.807, 2.05) is 25.2 Å². The van der Waals surface area contributed by atoms with E-state index in [9.17, 15) is 0 Å². The third-order valence-corrected chi connectivity index (χ3v) is 3.08. The van der Waals surface area contributed by atoms with E-state index >= 15 is 0 Å². The molecule has 0 amide bonds. The lowest BCUT2D eigenvalue weighted by Gasteiger charge is -2.26. The van der Waals surface area contributed by atoms with Gasteiger partial charge in [0, 0.05) is 11.6 Å². The minimum Gasteiger partial charge on any atom is -0.496 e. The van der Waals surface area contributed by atoms with Crippen LogP contribution < -0.4 is 15.8 Å². The predicted molar refractivity (Wildman–Crippen MR) is 67.6 cm³/mol. The van der Waals surface area contributed by atoms with Gasteiger partial charge in [-0.25, -0.2) is 0 Å². The molecule has 0 bridgehead atoms. The number of rotatable bonds is 6. The molecule has 2 unspecified atom stereocenters. The molecule has 0 saturated heterocycles. The largest absolute Gasteiger partial charge is 0.496 e. The van der Waals surface area contributed by atoms with Crippen molar-refractivity contribution in [3.63, 3.8) is 0 Å². The van der Waals surface area contributed by atoms with Crippen LogP contribution in [0.1, 0.15) is 24.9 Å². The molecule has 3 heteroatoms. The topological polar surface area (TPSA) is 47.3 Å². The molecule has 0 radical (unpaired) electrons. The SMILES string of the molecule is CCC(CN)C(NC)c1ccccc1OC. The summed E-state index contributed by atoms with van der Waals surface area (Å²) in [5.74, 6) is 1.36. The zero-order chi connectivity index (χ0) is 12.0. The van der Waals surface area contributed by atoms with E-state index in [0.29, 0.717) is 12.5 Å². The Kier molecular flexibility index (Phi) is 5.29. The maximum absolute atomic E-state index is 5.81. The summed E-state index contributed by atoms with van der Waals surface area (Å²) in [4.78, 5) is 0. The average Bonchev–Trinajstić information content (AvgIpc) is 2.35. The number of benzene rings is 1. The van der Waals surface area contributed by atoms with Crippen molar-refractivity contribution in [1.29, 1.82) is 0 Å². The summed E-state index contributed by atoms with van der Waals surface area (Å²) >= 11 is 0. The molecule has 2 atom stereocenters. The van der Waals surface area contributed by atoms with Crippen LogP contribution in [0.3, 0.4) is 0 Å². The third kappa shape index (κ3) is 2.74. The van der Waals surface area contributed by atoms with Gasteiger partial charge in [-0.2, -0.15) is 0 Å². The number of hydrogen-bond acceptors (Lipinski definition) is 3. The average molecular weight is 222 g/mol. The van der Waals surface area contributed by atoms with E-state index in [0.717, 1.165) is 12.2 Å². The molecule has 1 rings (SSSR count). The van der Waals surface area contributed by atoms with Crippen LogP contribution in [-0.2, 0) is 0 Å². The van der Waals surface area contributed by atoms with Gasteiger partial charge in [0.25, 0.3) is 0 Å². The number of para-hydroxylation sites is 1. The molecule has 0 saturated carbocycles. The van der Waals surface area contributed by atoms with E-state index in [-0.39, 0.29) is 6.04 Å². The molecule has 0 fully saturated rings. The molecule has 16 heavy (non-hydrogen) atoms. The monoisotopic (exact) mass is 222 g/mol. The summed E-state index contributed by atoms with van der Waals surface area (Å²) in [6, 6.07) is 8.36. The Morgan fingerprint density at radius 3 is 2.56 bits per heavy atom. The highest BCUT2D eigenvalue weighted by molar-refractivity contribution is 5.36. The fraction of sp³-hybridized carbons (Fsp3) is 0.538. The van der Waals surface area contributed by atoms with Crippen LogP contribution in [0, 0.1) is 5.92 Å². The number of nitrogens with two attached hydrogens (primary N) is 1. The van der Waals surface area contributed by atoms with Gasteiger partial charge in [-0.3, -0.25) is 0 Å². The summed E-state index contributed by atoms with van der Waals surface area (Å²) in [5, 5.41) is 3.34. The second kappa shape index (κ2) is 6.51. The smallest absolute Gasteiger partial charge is 0.123 e. The van der Waals surface area contributed by atoms with Crippen molar-refractivity contribution in [2.24, 2.45) is 11.7 Å². The highest BCUT2D eigenvalue weighted by atomic mass is 16.5. The Morgan fingerprint density at radius 1 is 1.38 bits per heavy atom. The van der Waals surface area contributed by atoms with Crippen LogP contribution in [0.5, 0.6) is 5.75 Å². The minimum atomic E-state index is 0.256. The second-order valence-corrected chi connectivity index (χ2v) is 3.91. The molecule has 3 nitrogen and oxygen atoms in total. The molecule has 0 aliphatic heterocycles. The van der Waals surface area contributed by atoms with Gasteiger partial charge in [-0.05, 0) is 25.6 Å².